The average molecular weight is 296 g/mol. The van der Waals surface area contributed by atoms with Gasteiger partial charge in [-0.3, -0.25) is 9.59 Å². The van der Waals surface area contributed by atoms with Gasteiger partial charge in [-0.1, -0.05) is 23.2 Å². The van der Waals surface area contributed by atoms with Gasteiger partial charge < -0.3 is 10.4 Å². The third-order valence-electron chi connectivity index (χ3n) is 2.07. The molecule has 0 aliphatic carbocycles. The molecule has 17 heavy (non-hydrogen) atoms. The smallest absolute Gasteiger partial charge is 0.303 e. The van der Waals surface area contributed by atoms with E-state index in [2.05, 4.69) is 5.32 Å². The molecule has 0 fully saturated rings. The van der Waals surface area contributed by atoms with Crippen LogP contribution in [0.1, 0.15) is 30.1 Å². The van der Waals surface area contributed by atoms with E-state index in [0.717, 1.165) is 11.3 Å². The van der Waals surface area contributed by atoms with Crippen molar-refractivity contribution in [2.75, 3.05) is 0 Å². The summed E-state index contributed by atoms with van der Waals surface area (Å²) in [6, 6.07) is 1.27. The van der Waals surface area contributed by atoms with Crippen LogP contribution in [-0.4, -0.2) is 23.0 Å². The van der Waals surface area contributed by atoms with Gasteiger partial charge in [-0.05, 0) is 19.4 Å². The lowest BCUT2D eigenvalue weighted by molar-refractivity contribution is -0.137. The Morgan fingerprint density at radius 2 is 2.18 bits per heavy atom. The van der Waals surface area contributed by atoms with Crippen molar-refractivity contribution in [1.29, 1.82) is 0 Å². The highest BCUT2D eigenvalue weighted by molar-refractivity contribution is 7.20. The molecule has 0 radical (unpaired) electrons. The second kappa shape index (κ2) is 6.23. The topological polar surface area (TPSA) is 66.4 Å². The number of carboxylic acid groups (broad SMARTS) is 1. The molecule has 2 N–H and O–H groups in total. The van der Waals surface area contributed by atoms with Crippen LogP contribution in [0, 0.1) is 0 Å². The first-order chi connectivity index (χ1) is 7.90. The monoisotopic (exact) mass is 295 g/mol. The van der Waals surface area contributed by atoms with Gasteiger partial charge in [-0.25, -0.2) is 0 Å². The number of carboxylic acids is 1. The Kier molecular flexibility index (Phi) is 5.24. The molecule has 1 aromatic rings. The number of thiophene rings is 1. The van der Waals surface area contributed by atoms with E-state index in [1.54, 1.807) is 6.92 Å². The normalized spacial score (nSPS) is 12.2. The molecule has 0 spiro atoms. The number of carbonyl (C=O) groups is 2. The average Bonchev–Trinajstić information content (AvgIpc) is 2.55. The van der Waals surface area contributed by atoms with Gasteiger partial charge in [-0.15, -0.1) is 11.3 Å². The molecular weight excluding hydrogens is 285 g/mol. The number of carbonyl (C=O) groups excluding carboxylic acids is 1. The van der Waals surface area contributed by atoms with Crippen LogP contribution in [0.4, 0.5) is 0 Å². The number of halogens is 2. The number of aliphatic carboxylic acids is 1. The fourth-order valence-corrected chi connectivity index (χ4v) is 2.67. The summed E-state index contributed by atoms with van der Waals surface area (Å²) in [7, 11) is 0. The summed E-state index contributed by atoms with van der Waals surface area (Å²) in [6.45, 7) is 1.74. The van der Waals surface area contributed by atoms with Crippen LogP contribution in [0.25, 0.3) is 0 Å². The largest absolute Gasteiger partial charge is 0.481 e. The highest BCUT2D eigenvalue weighted by Crippen LogP contribution is 2.31. The van der Waals surface area contributed by atoms with Crippen LogP contribution in [0.5, 0.6) is 0 Å². The molecule has 0 saturated carbocycles. The van der Waals surface area contributed by atoms with E-state index >= 15 is 0 Å². The van der Waals surface area contributed by atoms with Crippen LogP contribution in [0.2, 0.25) is 8.67 Å². The maximum absolute atomic E-state index is 11.7. The van der Waals surface area contributed by atoms with E-state index in [-0.39, 0.29) is 18.4 Å². The molecule has 1 atom stereocenters. The number of amides is 1. The molecule has 7 heteroatoms. The quantitative estimate of drug-likeness (QED) is 0.877. The summed E-state index contributed by atoms with van der Waals surface area (Å²) in [5.74, 6) is -1.22. The highest BCUT2D eigenvalue weighted by atomic mass is 35.5. The second-order valence-corrected chi connectivity index (χ2v) is 5.83. The third kappa shape index (κ3) is 4.53. The van der Waals surface area contributed by atoms with Crippen LogP contribution in [-0.2, 0) is 4.79 Å². The number of hydrogen-bond donors (Lipinski definition) is 2. The Morgan fingerprint density at radius 3 is 2.65 bits per heavy atom. The maximum Gasteiger partial charge on any atom is 0.303 e. The minimum Gasteiger partial charge on any atom is -0.481 e. The van der Waals surface area contributed by atoms with E-state index in [1.807, 2.05) is 0 Å². The minimum absolute atomic E-state index is 0.0135. The van der Waals surface area contributed by atoms with Gasteiger partial charge in [0.25, 0.3) is 5.91 Å². The molecule has 1 unspecified atom stereocenters. The molecule has 0 saturated heterocycles. The molecule has 1 amide bonds. The first kappa shape index (κ1) is 14.3. The van der Waals surface area contributed by atoms with Gasteiger partial charge in [0.15, 0.2) is 0 Å². The summed E-state index contributed by atoms with van der Waals surface area (Å²) in [5.41, 5.74) is 0.323. The summed E-state index contributed by atoms with van der Waals surface area (Å²) in [5, 5.41) is 11.2. The van der Waals surface area contributed by atoms with E-state index < -0.39 is 5.97 Å². The van der Waals surface area contributed by atoms with Crippen LogP contribution >= 0.6 is 34.5 Å². The predicted molar refractivity (Wildman–Crippen MR) is 68.1 cm³/mol. The summed E-state index contributed by atoms with van der Waals surface area (Å²) >= 11 is 12.7. The van der Waals surface area contributed by atoms with E-state index in [1.165, 1.54) is 6.07 Å². The van der Waals surface area contributed by atoms with E-state index in [9.17, 15) is 9.59 Å². The minimum atomic E-state index is -0.886. The van der Waals surface area contributed by atoms with Crippen molar-refractivity contribution in [3.8, 4) is 0 Å². The molecule has 1 rings (SSSR count). The number of hydrogen-bond acceptors (Lipinski definition) is 3. The van der Waals surface area contributed by atoms with Gasteiger partial charge >= 0.3 is 5.97 Å². The van der Waals surface area contributed by atoms with Crippen molar-refractivity contribution in [2.24, 2.45) is 0 Å². The summed E-state index contributed by atoms with van der Waals surface area (Å²) in [4.78, 5) is 22.1. The Hall–Kier alpha value is -0.780. The first-order valence-corrected chi connectivity index (χ1v) is 6.45. The van der Waals surface area contributed by atoms with Crippen molar-refractivity contribution in [1.82, 2.24) is 5.32 Å². The van der Waals surface area contributed by atoms with Gasteiger partial charge in [0, 0.05) is 12.5 Å². The fourth-order valence-electron chi connectivity index (χ4n) is 1.21. The van der Waals surface area contributed by atoms with Crippen LogP contribution in [0.15, 0.2) is 6.07 Å². The van der Waals surface area contributed by atoms with Gasteiger partial charge in [0.1, 0.15) is 4.34 Å². The molecule has 4 nitrogen and oxygen atoms in total. The van der Waals surface area contributed by atoms with E-state index in [4.69, 9.17) is 28.3 Å². The van der Waals surface area contributed by atoms with Crippen LogP contribution < -0.4 is 5.32 Å². The molecule has 0 aliphatic heterocycles. The van der Waals surface area contributed by atoms with Gasteiger partial charge in [0.2, 0.25) is 0 Å². The van der Waals surface area contributed by atoms with E-state index in [0.29, 0.717) is 20.7 Å². The summed E-state index contributed by atoms with van der Waals surface area (Å²) < 4.78 is 0.774. The van der Waals surface area contributed by atoms with Gasteiger partial charge in [-0.2, -0.15) is 0 Å². The molecule has 0 aliphatic rings. The zero-order valence-corrected chi connectivity index (χ0v) is 11.3. The van der Waals surface area contributed by atoms with Gasteiger partial charge in [0.05, 0.1) is 9.90 Å². The lowest BCUT2D eigenvalue weighted by atomic mass is 10.1. The lowest BCUT2D eigenvalue weighted by Gasteiger charge is -2.12. The maximum atomic E-state index is 11.7. The number of rotatable bonds is 5. The van der Waals surface area contributed by atoms with Crippen molar-refractivity contribution in [3.63, 3.8) is 0 Å². The Morgan fingerprint density at radius 1 is 1.53 bits per heavy atom. The SMILES string of the molecule is CC(CCC(=O)O)NC(=O)c1cc(Cl)sc1Cl. The predicted octanol–water partition coefficient (Wildman–Crippen LogP) is 3.04. The van der Waals surface area contributed by atoms with Crippen molar-refractivity contribution in [3.05, 3.63) is 20.3 Å². The highest BCUT2D eigenvalue weighted by Gasteiger charge is 2.16. The second-order valence-electron chi connectivity index (χ2n) is 3.54. The standard InChI is InChI=1S/C10H11Cl2NO3S/c1-5(2-3-8(14)15)13-10(16)6-4-7(11)17-9(6)12/h4-5H,2-3H2,1H3,(H,13,16)(H,14,15). The molecular formula is C10H11Cl2NO3S. The summed E-state index contributed by atoms with van der Waals surface area (Å²) in [6.07, 6.45) is 0.385. The molecule has 0 aromatic carbocycles. The molecule has 1 aromatic heterocycles. The van der Waals surface area contributed by atoms with Crippen molar-refractivity contribution >= 4 is 46.4 Å². The van der Waals surface area contributed by atoms with Crippen LogP contribution in [0.3, 0.4) is 0 Å². The van der Waals surface area contributed by atoms with Crippen molar-refractivity contribution < 1.29 is 14.7 Å². The number of nitrogens with one attached hydrogen (secondary N) is 1. The third-order valence-corrected chi connectivity index (χ3v) is 3.56. The first-order valence-electron chi connectivity index (χ1n) is 4.87. The molecule has 1 heterocycles. The lowest BCUT2D eigenvalue weighted by Crippen LogP contribution is -2.32. The molecule has 0 bridgehead atoms. The Bertz CT molecular complexity index is 433. The zero-order chi connectivity index (χ0) is 13.0. The fraction of sp³-hybridized carbons (Fsp3) is 0.400. The Balaban J connectivity index is 2.54. The Labute approximate surface area is 113 Å². The zero-order valence-electron chi connectivity index (χ0n) is 9.00. The molecule has 94 valence electrons. The van der Waals surface area contributed by atoms with Crippen molar-refractivity contribution in [2.45, 2.75) is 25.8 Å².